The van der Waals surface area contributed by atoms with Crippen LogP contribution in [0.25, 0.3) is 0 Å². The number of rotatable bonds is 7. The zero-order valence-electron chi connectivity index (χ0n) is 16.1. The van der Waals surface area contributed by atoms with E-state index in [1.165, 1.54) is 11.6 Å². The van der Waals surface area contributed by atoms with Crippen molar-refractivity contribution in [1.82, 2.24) is 9.80 Å². The molecule has 2 aromatic rings. The molecule has 0 radical (unpaired) electrons. The average molecular weight is 410 g/mol. The van der Waals surface area contributed by atoms with Crippen LogP contribution in [0.4, 0.5) is 14.5 Å². The van der Waals surface area contributed by atoms with Crippen molar-refractivity contribution in [2.45, 2.75) is 20.0 Å². The van der Waals surface area contributed by atoms with Crippen LogP contribution >= 0.6 is 11.3 Å². The third-order valence-corrected chi connectivity index (χ3v) is 5.80. The van der Waals surface area contributed by atoms with Crippen molar-refractivity contribution in [3.05, 3.63) is 45.6 Å². The number of thiophene rings is 1. The van der Waals surface area contributed by atoms with E-state index in [1.54, 1.807) is 6.92 Å². The van der Waals surface area contributed by atoms with Gasteiger partial charge >= 0.3 is 6.61 Å². The van der Waals surface area contributed by atoms with Gasteiger partial charge in [0.25, 0.3) is 5.91 Å². The molecule has 0 spiro atoms. The van der Waals surface area contributed by atoms with Gasteiger partial charge in [-0.25, -0.2) is 0 Å². The number of nitrogens with zero attached hydrogens (tertiary/aromatic N) is 2. The number of carbonyl (C=O) groups excluding carboxylic acids is 1. The van der Waals surface area contributed by atoms with Gasteiger partial charge in [-0.3, -0.25) is 4.79 Å². The van der Waals surface area contributed by atoms with Crippen molar-refractivity contribution >= 4 is 22.9 Å². The second kappa shape index (κ2) is 9.45. The van der Waals surface area contributed by atoms with Crippen molar-refractivity contribution in [2.24, 2.45) is 0 Å². The first kappa shape index (κ1) is 20.7. The Kier molecular flexibility index (Phi) is 6.98. The monoisotopic (exact) mass is 409 g/mol. The summed E-state index contributed by atoms with van der Waals surface area (Å²) in [5.41, 5.74) is 1.83. The summed E-state index contributed by atoms with van der Waals surface area (Å²) in [5, 5.41) is 2.75. The summed E-state index contributed by atoms with van der Waals surface area (Å²) in [6.45, 7) is 4.19. The van der Waals surface area contributed by atoms with Gasteiger partial charge in [0.15, 0.2) is 0 Å². The fourth-order valence-electron chi connectivity index (χ4n) is 3.13. The lowest BCUT2D eigenvalue weighted by Gasteiger charge is -2.32. The van der Waals surface area contributed by atoms with Crippen LogP contribution in [-0.2, 0) is 6.42 Å². The van der Waals surface area contributed by atoms with Crippen molar-refractivity contribution < 1.29 is 18.3 Å². The molecule has 2 heterocycles. The van der Waals surface area contributed by atoms with Gasteiger partial charge in [-0.05, 0) is 44.2 Å². The molecule has 5 nitrogen and oxygen atoms in total. The van der Waals surface area contributed by atoms with Gasteiger partial charge < -0.3 is 19.9 Å². The Hall–Kier alpha value is -2.03. The molecule has 1 fully saturated rings. The highest BCUT2D eigenvalue weighted by Crippen LogP contribution is 2.31. The highest BCUT2D eigenvalue weighted by Gasteiger charge is 2.19. The molecule has 1 aromatic carbocycles. The van der Waals surface area contributed by atoms with Crippen molar-refractivity contribution in [2.75, 3.05) is 45.1 Å². The van der Waals surface area contributed by atoms with Gasteiger partial charge in [0.2, 0.25) is 0 Å². The molecule has 0 aliphatic carbocycles. The third kappa shape index (κ3) is 5.73. The first-order chi connectivity index (χ1) is 13.4. The van der Waals surface area contributed by atoms with Crippen molar-refractivity contribution in [3.63, 3.8) is 0 Å². The number of carbonyl (C=O) groups is 1. The topological polar surface area (TPSA) is 44.8 Å². The molecular weight excluding hydrogens is 384 g/mol. The Morgan fingerprint density at radius 2 is 1.89 bits per heavy atom. The lowest BCUT2D eigenvalue weighted by atomic mass is 10.1. The molecule has 1 amide bonds. The van der Waals surface area contributed by atoms with E-state index in [1.807, 2.05) is 24.3 Å². The number of hydrogen-bond acceptors (Lipinski definition) is 5. The third-order valence-electron chi connectivity index (χ3n) is 4.77. The normalized spacial score (nSPS) is 15.8. The molecule has 0 saturated carbocycles. The van der Waals surface area contributed by atoms with Crippen LogP contribution in [0.15, 0.2) is 30.3 Å². The summed E-state index contributed by atoms with van der Waals surface area (Å²) in [5.74, 6) is -0.530. The molecular formula is C20H25F2N3O2S. The molecule has 1 aliphatic heterocycles. The zero-order valence-corrected chi connectivity index (χ0v) is 16.9. The van der Waals surface area contributed by atoms with Crippen LogP contribution in [0, 0.1) is 6.92 Å². The van der Waals surface area contributed by atoms with Gasteiger partial charge in [0.1, 0.15) is 10.6 Å². The van der Waals surface area contributed by atoms with E-state index in [2.05, 4.69) is 26.9 Å². The largest absolute Gasteiger partial charge is 0.433 e. The number of amides is 1. The fourth-order valence-corrected chi connectivity index (χ4v) is 3.97. The fraction of sp³-hybridized carbons (Fsp3) is 0.450. The van der Waals surface area contributed by atoms with Crippen LogP contribution in [-0.4, -0.2) is 62.1 Å². The number of nitrogens with one attached hydrogen (secondary N) is 1. The summed E-state index contributed by atoms with van der Waals surface area (Å²) < 4.78 is 29.5. The first-order valence-electron chi connectivity index (χ1n) is 9.27. The molecule has 8 heteroatoms. The molecule has 152 valence electrons. The van der Waals surface area contributed by atoms with E-state index in [4.69, 9.17) is 0 Å². The second-order valence-electron chi connectivity index (χ2n) is 6.97. The van der Waals surface area contributed by atoms with Crippen LogP contribution in [0.1, 0.15) is 20.1 Å². The first-order valence-corrected chi connectivity index (χ1v) is 10.1. The highest BCUT2D eigenvalue weighted by atomic mass is 32.1. The number of aryl methyl sites for hydroxylation is 1. The minimum absolute atomic E-state index is 0.0844. The van der Waals surface area contributed by atoms with Crippen LogP contribution in [0.3, 0.4) is 0 Å². The lowest BCUT2D eigenvalue weighted by Crippen LogP contribution is -2.45. The smallest absolute Gasteiger partial charge is 0.387 e. The number of benzene rings is 1. The summed E-state index contributed by atoms with van der Waals surface area (Å²) in [6.07, 6.45) is 0.953. The maximum Gasteiger partial charge on any atom is 0.387 e. The molecule has 1 aromatic heterocycles. The minimum atomic E-state index is -2.96. The van der Waals surface area contributed by atoms with E-state index in [0.29, 0.717) is 5.69 Å². The predicted molar refractivity (Wildman–Crippen MR) is 108 cm³/mol. The van der Waals surface area contributed by atoms with Gasteiger partial charge in [-0.2, -0.15) is 8.78 Å². The van der Waals surface area contributed by atoms with E-state index in [9.17, 15) is 13.6 Å². The molecule has 0 unspecified atom stereocenters. The van der Waals surface area contributed by atoms with Gasteiger partial charge in [0.05, 0.1) is 0 Å². The van der Waals surface area contributed by atoms with Crippen LogP contribution in [0.2, 0.25) is 0 Å². The minimum Gasteiger partial charge on any atom is -0.433 e. The Labute approximate surface area is 167 Å². The summed E-state index contributed by atoms with van der Waals surface area (Å²) >= 11 is 1.13. The van der Waals surface area contributed by atoms with Crippen LogP contribution < -0.4 is 10.1 Å². The maximum atomic E-state index is 12.5. The van der Waals surface area contributed by atoms with E-state index >= 15 is 0 Å². The number of anilines is 1. The molecule has 1 saturated heterocycles. The van der Waals surface area contributed by atoms with E-state index in [0.717, 1.165) is 55.4 Å². The molecule has 0 atom stereocenters. The SMILES string of the molecule is Cc1cc(OC(F)F)c(C(=O)Nc2ccc(CCN3CCN(C)CC3)cc2)s1. The van der Waals surface area contributed by atoms with E-state index < -0.39 is 12.5 Å². The Bertz CT molecular complexity index is 787. The predicted octanol–water partition coefficient (Wildman–Crippen LogP) is 3.70. The van der Waals surface area contributed by atoms with E-state index in [-0.39, 0.29) is 10.6 Å². The van der Waals surface area contributed by atoms with Gasteiger partial charge in [-0.15, -0.1) is 11.3 Å². The number of likely N-dealkylation sites (N-methyl/N-ethyl adjacent to an activating group) is 1. The number of ether oxygens (including phenoxy) is 1. The summed E-state index contributed by atoms with van der Waals surface area (Å²) in [4.78, 5) is 18.1. The molecule has 0 bridgehead atoms. The second-order valence-corrected chi connectivity index (χ2v) is 8.23. The Balaban J connectivity index is 1.55. The van der Waals surface area contributed by atoms with Gasteiger partial charge in [-0.1, -0.05) is 12.1 Å². The molecule has 28 heavy (non-hydrogen) atoms. The van der Waals surface area contributed by atoms with Gasteiger partial charge in [0, 0.05) is 43.3 Å². The number of halogens is 2. The maximum absolute atomic E-state index is 12.5. The summed E-state index contributed by atoms with van der Waals surface area (Å²) in [7, 11) is 2.14. The highest BCUT2D eigenvalue weighted by molar-refractivity contribution is 7.14. The molecule has 1 N–H and O–H groups in total. The zero-order chi connectivity index (χ0) is 20.1. The van der Waals surface area contributed by atoms with Crippen molar-refractivity contribution in [1.29, 1.82) is 0 Å². The number of alkyl halides is 2. The average Bonchev–Trinajstić information content (AvgIpc) is 3.02. The Morgan fingerprint density at radius 1 is 1.21 bits per heavy atom. The Morgan fingerprint density at radius 3 is 2.54 bits per heavy atom. The number of hydrogen-bond donors (Lipinski definition) is 1. The lowest BCUT2D eigenvalue weighted by molar-refractivity contribution is -0.0498. The number of piperazine rings is 1. The van der Waals surface area contributed by atoms with Crippen LogP contribution in [0.5, 0.6) is 5.75 Å². The standard InChI is InChI=1S/C20H25F2N3O2S/c1-14-13-17(27-20(21)22)18(28-14)19(26)23-16-5-3-15(4-6-16)7-8-25-11-9-24(2)10-12-25/h3-6,13,20H,7-12H2,1-2H3,(H,23,26). The van der Waals surface area contributed by atoms with Crippen molar-refractivity contribution in [3.8, 4) is 5.75 Å². The quantitative estimate of drug-likeness (QED) is 0.757. The summed E-state index contributed by atoms with van der Waals surface area (Å²) in [6, 6.07) is 9.10. The molecule has 3 rings (SSSR count). The molecule has 1 aliphatic rings.